The Kier molecular flexibility index (Phi) is 7.70. The molecule has 0 aromatic heterocycles. The second-order valence-corrected chi connectivity index (χ2v) is 4.70. The molecule has 1 aromatic rings. The van der Waals surface area contributed by atoms with Crippen LogP contribution < -0.4 is 5.32 Å². The van der Waals surface area contributed by atoms with Gasteiger partial charge in [0, 0.05) is 12.2 Å². The molecule has 0 aliphatic heterocycles. The van der Waals surface area contributed by atoms with Crippen LogP contribution in [0.2, 0.25) is 0 Å². The fourth-order valence-electron chi connectivity index (χ4n) is 2.07. The molecule has 0 aliphatic carbocycles. The van der Waals surface area contributed by atoms with Crippen LogP contribution in [0.1, 0.15) is 32.1 Å². The Bertz CT molecular complexity index is 329. The molecule has 1 rings (SSSR count). The van der Waals surface area contributed by atoms with Crippen LogP contribution in [0.4, 0.5) is 5.69 Å². The number of nitrogens with one attached hydrogen (secondary N) is 1. The molecule has 0 saturated carbocycles. The number of para-hydroxylation sites is 1. The quantitative estimate of drug-likeness (QED) is 0.448. The minimum atomic E-state index is 0.725. The second-order valence-electron chi connectivity index (χ2n) is 4.70. The molecule has 0 saturated heterocycles. The van der Waals surface area contributed by atoms with Crippen molar-refractivity contribution in [2.75, 3.05) is 11.9 Å². The number of benzene rings is 1. The molecule has 98 valence electrons. The van der Waals surface area contributed by atoms with Crippen LogP contribution in [0, 0.1) is 5.92 Å². The third kappa shape index (κ3) is 6.29. The van der Waals surface area contributed by atoms with Crippen molar-refractivity contribution in [2.24, 2.45) is 5.92 Å². The van der Waals surface area contributed by atoms with Gasteiger partial charge in [0.15, 0.2) is 0 Å². The third-order valence-corrected chi connectivity index (χ3v) is 3.17. The Morgan fingerprint density at radius 2 is 1.72 bits per heavy atom. The molecule has 0 fully saturated rings. The summed E-state index contributed by atoms with van der Waals surface area (Å²) in [7, 11) is 0. The van der Waals surface area contributed by atoms with Gasteiger partial charge in [-0.2, -0.15) is 0 Å². The summed E-state index contributed by atoms with van der Waals surface area (Å²) in [5.74, 6) is 0.725. The van der Waals surface area contributed by atoms with Gasteiger partial charge in [-0.15, -0.1) is 13.2 Å². The van der Waals surface area contributed by atoms with Gasteiger partial charge in [-0.1, -0.05) is 30.4 Å². The molecule has 0 radical (unpaired) electrons. The topological polar surface area (TPSA) is 12.0 Å². The van der Waals surface area contributed by atoms with Gasteiger partial charge in [-0.25, -0.2) is 0 Å². The summed E-state index contributed by atoms with van der Waals surface area (Å²) in [5.41, 5.74) is 1.21. The van der Waals surface area contributed by atoms with E-state index in [1.807, 2.05) is 18.2 Å². The first-order valence-electron chi connectivity index (χ1n) is 6.87. The predicted molar refractivity (Wildman–Crippen MR) is 81.9 cm³/mol. The zero-order chi connectivity index (χ0) is 13.1. The molecule has 0 amide bonds. The molecule has 1 atom stereocenters. The number of hydrogen-bond donors (Lipinski definition) is 1. The zero-order valence-electron chi connectivity index (χ0n) is 11.3. The molecular formula is C17H25N. The number of rotatable bonds is 10. The minimum Gasteiger partial charge on any atom is -0.385 e. The van der Waals surface area contributed by atoms with E-state index in [0.29, 0.717) is 0 Å². The molecule has 1 unspecified atom stereocenters. The smallest absolute Gasteiger partial charge is 0.0340 e. The zero-order valence-corrected chi connectivity index (χ0v) is 11.3. The van der Waals surface area contributed by atoms with Crippen LogP contribution >= 0.6 is 0 Å². The molecule has 1 nitrogen and oxygen atoms in total. The van der Waals surface area contributed by atoms with Crippen LogP contribution in [0.5, 0.6) is 0 Å². The van der Waals surface area contributed by atoms with Crippen LogP contribution in [-0.2, 0) is 0 Å². The molecule has 18 heavy (non-hydrogen) atoms. The van der Waals surface area contributed by atoms with Gasteiger partial charge >= 0.3 is 0 Å². The van der Waals surface area contributed by atoms with E-state index in [0.717, 1.165) is 25.3 Å². The monoisotopic (exact) mass is 243 g/mol. The van der Waals surface area contributed by atoms with Crippen molar-refractivity contribution < 1.29 is 0 Å². The Morgan fingerprint density at radius 1 is 1.00 bits per heavy atom. The lowest BCUT2D eigenvalue weighted by Gasteiger charge is -2.17. The van der Waals surface area contributed by atoms with Crippen molar-refractivity contribution in [1.29, 1.82) is 0 Å². The summed E-state index contributed by atoms with van der Waals surface area (Å²) >= 11 is 0. The van der Waals surface area contributed by atoms with Gasteiger partial charge in [-0.3, -0.25) is 0 Å². The van der Waals surface area contributed by atoms with E-state index in [2.05, 4.69) is 42.7 Å². The minimum absolute atomic E-state index is 0.725. The molecule has 1 heteroatoms. The van der Waals surface area contributed by atoms with Crippen molar-refractivity contribution >= 4 is 5.69 Å². The van der Waals surface area contributed by atoms with E-state index in [1.165, 1.54) is 24.9 Å². The lowest BCUT2D eigenvalue weighted by atomic mass is 9.96. The van der Waals surface area contributed by atoms with E-state index in [4.69, 9.17) is 0 Å². The summed E-state index contributed by atoms with van der Waals surface area (Å²) < 4.78 is 0. The highest BCUT2D eigenvalue weighted by Gasteiger charge is 2.07. The van der Waals surface area contributed by atoms with Crippen LogP contribution in [0.25, 0.3) is 0 Å². The van der Waals surface area contributed by atoms with Crippen molar-refractivity contribution in [2.45, 2.75) is 32.1 Å². The summed E-state index contributed by atoms with van der Waals surface area (Å²) in [6.07, 6.45) is 9.98. The maximum atomic E-state index is 3.81. The summed E-state index contributed by atoms with van der Waals surface area (Å²) in [6.45, 7) is 8.64. The maximum Gasteiger partial charge on any atom is 0.0340 e. The standard InChI is InChI=1S/C17H25N/c1-3-5-8-12-16(11-6-4-2)15-18-17-13-9-7-10-14-17/h3-4,7,9-10,13-14,16,18H,1-2,5-6,8,11-12,15H2. The summed E-state index contributed by atoms with van der Waals surface area (Å²) in [6, 6.07) is 10.4. The SMILES string of the molecule is C=CCCCC(CCC=C)CNc1ccccc1. The van der Waals surface area contributed by atoms with Crippen LogP contribution in [0.3, 0.4) is 0 Å². The van der Waals surface area contributed by atoms with Gasteiger partial charge in [-0.05, 0) is 50.2 Å². The van der Waals surface area contributed by atoms with Crippen molar-refractivity contribution in [3.05, 3.63) is 55.6 Å². The number of hydrogen-bond acceptors (Lipinski definition) is 1. The Hall–Kier alpha value is -1.50. The van der Waals surface area contributed by atoms with Crippen LogP contribution in [0.15, 0.2) is 55.6 Å². The van der Waals surface area contributed by atoms with Gasteiger partial charge in [0.1, 0.15) is 0 Å². The summed E-state index contributed by atoms with van der Waals surface area (Å²) in [5, 5.41) is 3.52. The molecule has 1 N–H and O–H groups in total. The Morgan fingerprint density at radius 3 is 2.39 bits per heavy atom. The highest BCUT2D eigenvalue weighted by Crippen LogP contribution is 2.17. The van der Waals surface area contributed by atoms with Gasteiger partial charge < -0.3 is 5.32 Å². The summed E-state index contributed by atoms with van der Waals surface area (Å²) in [4.78, 5) is 0. The molecule has 0 spiro atoms. The highest BCUT2D eigenvalue weighted by atomic mass is 14.9. The first-order valence-corrected chi connectivity index (χ1v) is 6.87. The van der Waals surface area contributed by atoms with E-state index >= 15 is 0 Å². The molecular weight excluding hydrogens is 218 g/mol. The van der Waals surface area contributed by atoms with E-state index < -0.39 is 0 Å². The van der Waals surface area contributed by atoms with Gasteiger partial charge in [0.2, 0.25) is 0 Å². The fraction of sp³-hybridized carbons (Fsp3) is 0.412. The van der Waals surface area contributed by atoms with Crippen molar-refractivity contribution in [3.63, 3.8) is 0 Å². The molecule has 0 bridgehead atoms. The Balaban J connectivity index is 2.34. The normalized spacial score (nSPS) is 11.8. The van der Waals surface area contributed by atoms with E-state index in [9.17, 15) is 0 Å². The lowest BCUT2D eigenvalue weighted by molar-refractivity contribution is 0.463. The average molecular weight is 243 g/mol. The van der Waals surface area contributed by atoms with Gasteiger partial charge in [0.25, 0.3) is 0 Å². The first kappa shape index (κ1) is 14.6. The highest BCUT2D eigenvalue weighted by molar-refractivity contribution is 5.42. The predicted octanol–water partition coefficient (Wildman–Crippen LogP) is 5.04. The number of anilines is 1. The Labute approximate surface area is 112 Å². The van der Waals surface area contributed by atoms with Crippen LogP contribution in [-0.4, -0.2) is 6.54 Å². The first-order chi connectivity index (χ1) is 8.86. The second kappa shape index (κ2) is 9.52. The molecule has 0 aliphatic rings. The van der Waals surface area contributed by atoms with Gasteiger partial charge in [0.05, 0.1) is 0 Å². The van der Waals surface area contributed by atoms with E-state index in [-0.39, 0.29) is 0 Å². The average Bonchev–Trinajstić information content (AvgIpc) is 2.42. The largest absolute Gasteiger partial charge is 0.385 e. The fourth-order valence-corrected chi connectivity index (χ4v) is 2.07. The number of unbranched alkanes of at least 4 members (excludes halogenated alkanes) is 1. The molecule has 0 heterocycles. The molecule has 1 aromatic carbocycles. The van der Waals surface area contributed by atoms with Crippen molar-refractivity contribution in [1.82, 2.24) is 0 Å². The maximum absolute atomic E-state index is 3.81. The van der Waals surface area contributed by atoms with E-state index in [1.54, 1.807) is 0 Å². The lowest BCUT2D eigenvalue weighted by Crippen LogP contribution is -2.14. The third-order valence-electron chi connectivity index (χ3n) is 3.17. The van der Waals surface area contributed by atoms with Crippen molar-refractivity contribution in [3.8, 4) is 0 Å². The number of allylic oxidation sites excluding steroid dienone is 2.